The number of benzene rings is 5. The van der Waals surface area contributed by atoms with Gasteiger partial charge in [0.25, 0.3) is 0 Å². The lowest BCUT2D eigenvalue weighted by atomic mass is 9.95. The van der Waals surface area contributed by atoms with Crippen molar-refractivity contribution in [3.05, 3.63) is 179 Å². The van der Waals surface area contributed by atoms with Crippen LogP contribution in [0, 0.1) is 0 Å². The van der Waals surface area contributed by atoms with Crippen molar-refractivity contribution in [1.82, 2.24) is 0 Å². The third-order valence-corrected chi connectivity index (χ3v) is 14.0. The molecule has 17 heteroatoms. The van der Waals surface area contributed by atoms with Crippen molar-refractivity contribution in [3.8, 4) is 0 Å². The number of carbonyl (C=O) groups excluding carboxylic acids is 2. The summed E-state index contributed by atoms with van der Waals surface area (Å²) in [5, 5.41) is 46.8. The van der Waals surface area contributed by atoms with Gasteiger partial charge in [-0.25, -0.2) is 9.59 Å². The largest absolute Gasteiger partial charge is 0.459 e. The maximum atomic E-state index is 13.6. The standard InChI is InChI=1S/C61H74O17/c1-3-4-5-6-7-23-34-68-59-51(65)54(78-61-56(71-37-43-28-17-10-18-29-43)55(70-36-42-26-15-9-16-27-42)52(40(2)74-61)69-35-41-24-13-8-14-25-41)53(47(76-59)39-73-58(67)45-32-21-12-22-33-45)77-60-50(64)49(63)48(62)46(75-60)38-72-57(66)44-30-19-11-20-31-44/h8-22,24-33,40,46-56,59-65H,3-7,23,34-39H2,1-2H3/t40-,46+,47+,48-,49-,50+,51+,52+,53+,54+,55+,56-,59+,60-,61-/m0/s1. The Morgan fingerprint density at radius 1 is 0.423 bits per heavy atom. The van der Waals surface area contributed by atoms with E-state index in [1.807, 2.05) is 97.9 Å². The molecule has 0 saturated carbocycles. The monoisotopic (exact) mass is 1080 g/mol. The molecule has 3 saturated heterocycles. The zero-order valence-corrected chi connectivity index (χ0v) is 44.2. The average Bonchev–Trinajstić information content (AvgIpc) is 3.53. The van der Waals surface area contributed by atoms with Crippen LogP contribution in [0.5, 0.6) is 0 Å². The maximum absolute atomic E-state index is 13.6. The highest BCUT2D eigenvalue weighted by Crippen LogP contribution is 2.37. The van der Waals surface area contributed by atoms with Crippen LogP contribution in [0.2, 0.25) is 0 Å². The fraction of sp³-hybridized carbons (Fsp3) is 0.475. The van der Waals surface area contributed by atoms with Crippen LogP contribution < -0.4 is 0 Å². The number of aliphatic hydroxyl groups excluding tert-OH is 4. The Morgan fingerprint density at radius 3 is 1.41 bits per heavy atom. The van der Waals surface area contributed by atoms with Crippen LogP contribution in [0.3, 0.4) is 0 Å². The molecule has 5 aromatic rings. The molecule has 3 heterocycles. The summed E-state index contributed by atoms with van der Waals surface area (Å²) in [5.74, 6) is -1.42. The average molecular weight is 1080 g/mol. The Morgan fingerprint density at radius 2 is 0.872 bits per heavy atom. The van der Waals surface area contributed by atoms with E-state index in [9.17, 15) is 30.0 Å². The molecule has 5 aromatic carbocycles. The molecule has 0 amide bonds. The van der Waals surface area contributed by atoms with Crippen LogP contribution in [-0.2, 0) is 71.9 Å². The Bertz CT molecular complexity index is 2490. The van der Waals surface area contributed by atoms with E-state index in [0.717, 1.165) is 48.8 Å². The first-order chi connectivity index (χ1) is 38.1. The third-order valence-electron chi connectivity index (χ3n) is 14.0. The number of ether oxygens (including phenoxy) is 11. The van der Waals surface area contributed by atoms with Gasteiger partial charge in [0, 0.05) is 6.61 Å². The normalized spacial score (nSPS) is 29.1. The summed E-state index contributed by atoms with van der Waals surface area (Å²) in [7, 11) is 0. The summed E-state index contributed by atoms with van der Waals surface area (Å²) in [6, 6.07) is 45.4. The van der Waals surface area contributed by atoms with E-state index in [4.69, 9.17) is 52.1 Å². The molecule has 4 N–H and O–H groups in total. The van der Waals surface area contributed by atoms with Gasteiger partial charge in [-0.3, -0.25) is 0 Å². The molecule has 3 aliphatic rings. The molecule has 0 radical (unpaired) electrons. The minimum atomic E-state index is -1.92. The molecule has 0 aromatic heterocycles. The highest BCUT2D eigenvalue weighted by Gasteiger charge is 2.56. The molecule has 0 aliphatic carbocycles. The van der Waals surface area contributed by atoms with Gasteiger partial charge in [0.1, 0.15) is 80.4 Å². The smallest absolute Gasteiger partial charge is 0.338 e. The molecular formula is C61H74O17. The lowest BCUT2D eigenvalue weighted by Gasteiger charge is -2.50. The number of hydrogen-bond acceptors (Lipinski definition) is 17. The minimum Gasteiger partial charge on any atom is -0.459 e. The zero-order chi connectivity index (χ0) is 54.6. The molecule has 8 rings (SSSR count). The number of rotatable bonds is 27. The number of unbranched alkanes of at least 4 members (excludes halogenated alkanes) is 5. The molecule has 0 spiro atoms. The van der Waals surface area contributed by atoms with Crippen molar-refractivity contribution < 1.29 is 82.1 Å². The highest BCUT2D eigenvalue weighted by molar-refractivity contribution is 5.89. The summed E-state index contributed by atoms with van der Waals surface area (Å²) in [5.41, 5.74) is 3.12. The summed E-state index contributed by atoms with van der Waals surface area (Å²) in [4.78, 5) is 26.7. The van der Waals surface area contributed by atoms with Gasteiger partial charge in [0.2, 0.25) is 0 Å². The molecule has 0 unspecified atom stereocenters. The third kappa shape index (κ3) is 16.3. The molecule has 3 aliphatic heterocycles. The molecule has 420 valence electrons. The molecule has 78 heavy (non-hydrogen) atoms. The number of esters is 2. The van der Waals surface area contributed by atoms with E-state index in [1.165, 1.54) is 0 Å². The first-order valence-electron chi connectivity index (χ1n) is 27.1. The summed E-state index contributed by atoms with van der Waals surface area (Å²) >= 11 is 0. The van der Waals surface area contributed by atoms with Crippen LogP contribution in [0.25, 0.3) is 0 Å². The fourth-order valence-corrected chi connectivity index (χ4v) is 9.65. The predicted molar refractivity (Wildman–Crippen MR) is 283 cm³/mol. The summed E-state index contributed by atoms with van der Waals surface area (Å²) in [6.07, 6.45) is -15.2. The SMILES string of the molecule is CCCCCCCCO[C@@H]1O[C@H](COC(=O)c2ccccc2)[C@@H](O[C@@H]2O[C@H](COC(=O)c3ccccc3)[C@H](O)[C@H](O)[C@H]2O)[C@H](O[C@@H]2O[C@@H](C)[C@@H](OCc3ccccc3)[C@@H](OCc3ccccc3)[C@@H]2OCc2ccccc2)[C@H]1O. The van der Waals surface area contributed by atoms with Gasteiger partial charge < -0.3 is 72.5 Å². The molecule has 17 nitrogen and oxygen atoms in total. The zero-order valence-electron chi connectivity index (χ0n) is 44.2. The van der Waals surface area contributed by atoms with E-state index in [2.05, 4.69) is 6.92 Å². The Balaban J connectivity index is 1.14. The van der Waals surface area contributed by atoms with Crippen molar-refractivity contribution in [2.24, 2.45) is 0 Å². The van der Waals surface area contributed by atoms with Gasteiger partial charge in [-0.05, 0) is 54.3 Å². The van der Waals surface area contributed by atoms with Crippen LogP contribution in [-0.4, -0.2) is 144 Å². The number of carbonyl (C=O) groups is 2. The van der Waals surface area contributed by atoms with Gasteiger partial charge in [0.15, 0.2) is 18.9 Å². The topological polar surface area (TPSA) is 217 Å². The van der Waals surface area contributed by atoms with Crippen LogP contribution in [0.15, 0.2) is 152 Å². The van der Waals surface area contributed by atoms with Crippen LogP contribution in [0.1, 0.15) is 89.8 Å². The first-order valence-corrected chi connectivity index (χ1v) is 27.1. The van der Waals surface area contributed by atoms with Crippen LogP contribution >= 0.6 is 0 Å². The first kappa shape index (κ1) is 58.7. The number of hydrogen-bond donors (Lipinski definition) is 4. The second kappa shape index (κ2) is 30.2. The maximum Gasteiger partial charge on any atom is 0.338 e. The van der Waals surface area contributed by atoms with Crippen molar-refractivity contribution in [1.29, 1.82) is 0 Å². The van der Waals surface area contributed by atoms with E-state index in [0.29, 0.717) is 6.42 Å². The van der Waals surface area contributed by atoms with Gasteiger partial charge in [-0.15, -0.1) is 0 Å². The highest BCUT2D eigenvalue weighted by atomic mass is 16.8. The lowest BCUT2D eigenvalue weighted by molar-refractivity contribution is -0.390. The van der Waals surface area contributed by atoms with Crippen molar-refractivity contribution in [3.63, 3.8) is 0 Å². The quantitative estimate of drug-likeness (QED) is 0.0301. The minimum absolute atomic E-state index is 0.0799. The predicted octanol–water partition coefficient (Wildman–Crippen LogP) is 7.24. The fourth-order valence-electron chi connectivity index (χ4n) is 9.65. The second-order valence-electron chi connectivity index (χ2n) is 19.8. The van der Waals surface area contributed by atoms with Crippen LogP contribution in [0.4, 0.5) is 0 Å². The Kier molecular flexibility index (Phi) is 22.7. The molecule has 3 fully saturated rings. The Hall–Kier alpha value is -5.48. The molecule has 0 bridgehead atoms. The van der Waals surface area contributed by atoms with Crippen molar-refractivity contribution in [2.75, 3.05) is 19.8 Å². The molecule has 15 atom stereocenters. The summed E-state index contributed by atoms with van der Waals surface area (Å²) in [6.45, 7) is 3.57. The lowest BCUT2D eigenvalue weighted by Crippen LogP contribution is -2.67. The van der Waals surface area contributed by atoms with Gasteiger partial charge in [0.05, 0.1) is 37.1 Å². The van der Waals surface area contributed by atoms with Crippen molar-refractivity contribution in [2.45, 2.75) is 164 Å². The van der Waals surface area contributed by atoms with E-state index in [1.54, 1.807) is 60.7 Å². The Labute approximate surface area is 456 Å². The van der Waals surface area contributed by atoms with E-state index < -0.39 is 117 Å². The van der Waals surface area contributed by atoms with Gasteiger partial charge in [-0.2, -0.15) is 0 Å². The van der Waals surface area contributed by atoms with E-state index in [-0.39, 0.29) is 37.6 Å². The van der Waals surface area contributed by atoms with Crippen molar-refractivity contribution >= 4 is 11.9 Å². The number of aliphatic hydroxyl groups is 4. The van der Waals surface area contributed by atoms with Gasteiger partial charge in [-0.1, -0.05) is 166 Å². The van der Waals surface area contributed by atoms with E-state index >= 15 is 0 Å². The second-order valence-corrected chi connectivity index (χ2v) is 19.8. The molecular weight excluding hydrogens is 1000 g/mol. The summed E-state index contributed by atoms with van der Waals surface area (Å²) < 4.78 is 71.2. The van der Waals surface area contributed by atoms with Gasteiger partial charge >= 0.3 is 11.9 Å².